The molecule has 0 aliphatic heterocycles. The van der Waals surface area contributed by atoms with Gasteiger partial charge in [-0.05, 0) is 65.7 Å². The predicted octanol–water partition coefficient (Wildman–Crippen LogP) is 4.46. The standard InChI is InChI=1S/C15H26O.2H2S/c1-12(2)6-5-11-15(4,16)14-9-7-13(3)8-10-14;;/h6-7,14,16H,5,8-11H2,1-4H3;2*1H2/t14-,15+;;/m1../s1. The molecular formula is C15H30OS2. The topological polar surface area (TPSA) is 20.2 Å². The molecule has 0 amide bonds. The van der Waals surface area contributed by atoms with Crippen molar-refractivity contribution in [2.24, 2.45) is 5.92 Å². The predicted molar refractivity (Wildman–Crippen MR) is 91.1 cm³/mol. The summed E-state index contributed by atoms with van der Waals surface area (Å²) in [6.45, 7) is 8.42. The summed E-state index contributed by atoms with van der Waals surface area (Å²) in [7, 11) is 0. The van der Waals surface area contributed by atoms with E-state index >= 15 is 0 Å². The second-order valence-corrected chi connectivity index (χ2v) is 5.70. The largest absolute Gasteiger partial charge is 0.390 e. The minimum atomic E-state index is -0.497. The minimum Gasteiger partial charge on any atom is -0.390 e. The number of hydrogen-bond acceptors (Lipinski definition) is 1. The van der Waals surface area contributed by atoms with E-state index in [1.54, 1.807) is 0 Å². The molecule has 0 saturated heterocycles. The van der Waals surface area contributed by atoms with Gasteiger partial charge in [0.1, 0.15) is 0 Å². The Morgan fingerprint density at radius 3 is 2.50 bits per heavy atom. The van der Waals surface area contributed by atoms with E-state index in [1.165, 1.54) is 11.1 Å². The highest BCUT2D eigenvalue weighted by molar-refractivity contribution is 7.59. The maximum Gasteiger partial charge on any atom is 0.0653 e. The molecule has 0 aromatic carbocycles. The number of allylic oxidation sites excluding steroid dienone is 4. The summed E-state index contributed by atoms with van der Waals surface area (Å²) in [6, 6.07) is 0. The Morgan fingerprint density at radius 2 is 2.06 bits per heavy atom. The van der Waals surface area contributed by atoms with Crippen molar-refractivity contribution in [3.8, 4) is 0 Å². The van der Waals surface area contributed by atoms with Crippen LogP contribution in [0.15, 0.2) is 23.3 Å². The zero-order valence-electron chi connectivity index (χ0n) is 12.2. The quantitative estimate of drug-likeness (QED) is 0.758. The van der Waals surface area contributed by atoms with E-state index in [0.29, 0.717) is 5.92 Å². The van der Waals surface area contributed by atoms with Crippen molar-refractivity contribution in [2.75, 3.05) is 0 Å². The molecule has 0 saturated carbocycles. The molecule has 0 spiro atoms. The van der Waals surface area contributed by atoms with Gasteiger partial charge in [0.2, 0.25) is 0 Å². The maximum absolute atomic E-state index is 10.5. The van der Waals surface area contributed by atoms with Crippen molar-refractivity contribution in [2.45, 2.75) is 65.4 Å². The van der Waals surface area contributed by atoms with Gasteiger partial charge in [-0.15, -0.1) is 0 Å². The molecule has 0 radical (unpaired) electrons. The molecule has 0 heterocycles. The van der Waals surface area contributed by atoms with Gasteiger partial charge < -0.3 is 5.11 Å². The average Bonchev–Trinajstić information content (AvgIpc) is 2.17. The van der Waals surface area contributed by atoms with Gasteiger partial charge in [-0.1, -0.05) is 23.3 Å². The van der Waals surface area contributed by atoms with E-state index in [-0.39, 0.29) is 27.0 Å². The van der Waals surface area contributed by atoms with Crippen LogP contribution < -0.4 is 0 Å². The SMILES string of the molecule is CC(C)=CCC[C@](C)(O)[C@@H]1CC=C(C)CC1.S.S. The monoisotopic (exact) mass is 290 g/mol. The summed E-state index contributed by atoms with van der Waals surface area (Å²) in [5, 5.41) is 10.5. The van der Waals surface area contributed by atoms with Crippen molar-refractivity contribution in [3.63, 3.8) is 0 Å². The minimum absolute atomic E-state index is 0. The molecule has 0 unspecified atom stereocenters. The zero-order valence-corrected chi connectivity index (χ0v) is 14.2. The lowest BCUT2D eigenvalue weighted by atomic mass is 9.76. The fraction of sp³-hybridized carbons (Fsp3) is 0.733. The molecule has 1 rings (SSSR count). The first-order valence-corrected chi connectivity index (χ1v) is 6.43. The van der Waals surface area contributed by atoms with Crippen LogP contribution in [0.3, 0.4) is 0 Å². The number of aliphatic hydroxyl groups is 1. The van der Waals surface area contributed by atoms with Crippen molar-refractivity contribution in [1.82, 2.24) is 0 Å². The Hall–Kier alpha value is 0.140. The molecular weight excluding hydrogens is 260 g/mol. The van der Waals surface area contributed by atoms with Gasteiger partial charge in [-0.3, -0.25) is 0 Å². The van der Waals surface area contributed by atoms with Crippen molar-refractivity contribution in [3.05, 3.63) is 23.3 Å². The van der Waals surface area contributed by atoms with Gasteiger partial charge in [0.15, 0.2) is 0 Å². The van der Waals surface area contributed by atoms with Gasteiger partial charge in [-0.2, -0.15) is 27.0 Å². The van der Waals surface area contributed by atoms with Gasteiger partial charge in [0.05, 0.1) is 5.60 Å². The number of hydrogen-bond donors (Lipinski definition) is 1. The van der Waals surface area contributed by atoms with Gasteiger partial charge in [0.25, 0.3) is 0 Å². The Morgan fingerprint density at radius 1 is 1.44 bits per heavy atom. The summed E-state index contributed by atoms with van der Waals surface area (Å²) in [5.74, 6) is 0.446. The Balaban J connectivity index is 0. The van der Waals surface area contributed by atoms with E-state index in [1.807, 2.05) is 6.92 Å². The summed E-state index contributed by atoms with van der Waals surface area (Å²) >= 11 is 0. The molecule has 18 heavy (non-hydrogen) atoms. The summed E-state index contributed by atoms with van der Waals surface area (Å²) in [5.41, 5.74) is 2.33. The Bertz CT molecular complexity index is 289. The van der Waals surface area contributed by atoms with Crippen LogP contribution >= 0.6 is 27.0 Å². The first-order valence-electron chi connectivity index (χ1n) is 6.43. The smallest absolute Gasteiger partial charge is 0.0653 e. The van der Waals surface area contributed by atoms with E-state index in [9.17, 15) is 5.11 Å². The molecule has 108 valence electrons. The van der Waals surface area contributed by atoms with Crippen LogP contribution in [0.2, 0.25) is 0 Å². The third-order valence-electron chi connectivity index (χ3n) is 3.72. The fourth-order valence-electron chi connectivity index (χ4n) is 2.39. The first-order chi connectivity index (χ1) is 7.42. The molecule has 1 aliphatic rings. The maximum atomic E-state index is 10.5. The summed E-state index contributed by atoms with van der Waals surface area (Å²) in [6.07, 6.45) is 9.74. The molecule has 0 bridgehead atoms. The molecule has 0 fully saturated rings. The van der Waals surface area contributed by atoms with Gasteiger partial charge in [0, 0.05) is 0 Å². The van der Waals surface area contributed by atoms with E-state index < -0.39 is 5.60 Å². The first kappa shape index (κ1) is 20.5. The van der Waals surface area contributed by atoms with Gasteiger partial charge >= 0.3 is 0 Å². The molecule has 3 heteroatoms. The van der Waals surface area contributed by atoms with Crippen molar-refractivity contribution < 1.29 is 5.11 Å². The van der Waals surface area contributed by atoms with Crippen LogP contribution in [0.25, 0.3) is 0 Å². The van der Waals surface area contributed by atoms with Crippen LogP contribution in [0, 0.1) is 5.92 Å². The van der Waals surface area contributed by atoms with E-state index in [0.717, 1.165) is 32.1 Å². The fourth-order valence-corrected chi connectivity index (χ4v) is 2.39. The third-order valence-corrected chi connectivity index (χ3v) is 3.72. The normalized spacial score (nSPS) is 21.8. The zero-order chi connectivity index (χ0) is 12.2. The lowest BCUT2D eigenvalue weighted by Gasteiger charge is -2.34. The second kappa shape index (κ2) is 9.11. The second-order valence-electron chi connectivity index (χ2n) is 5.70. The van der Waals surface area contributed by atoms with Gasteiger partial charge in [-0.25, -0.2) is 0 Å². The Kier molecular flexibility index (Phi) is 10.4. The third kappa shape index (κ3) is 6.91. The average molecular weight is 291 g/mol. The van der Waals surface area contributed by atoms with Crippen LogP contribution in [0.4, 0.5) is 0 Å². The van der Waals surface area contributed by atoms with Crippen LogP contribution in [0.1, 0.15) is 59.8 Å². The van der Waals surface area contributed by atoms with E-state index in [2.05, 4.69) is 32.9 Å². The lowest BCUT2D eigenvalue weighted by molar-refractivity contribution is -0.0122. The van der Waals surface area contributed by atoms with Crippen LogP contribution in [-0.2, 0) is 0 Å². The molecule has 2 atom stereocenters. The molecule has 0 aromatic heterocycles. The van der Waals surface area contributed by atoms with Crippen molar-refractivity contribution in [1.29, 1.82) is 0 Å². The summed E-state index contributed by atoms with van der Waals surface area (Å²) in [4.78, 5) is 0. The highest BCUT2D eigenvalue weighted by Gasteiger charge is 2.31. The van der Waals surface area contributed by atoms with Crippen LogP contribution in [0.5, 0.6) is 0 Å². The molecule has 1 N–H and O–H groups in total. The van der Waals surface area contributed by atoms with Crippen molar-refractivity contribution >= 4 is 27.0 Å². The Labute approximate surface area is 127 Å². The molecule has 1 aliphatic carbocycles. The highest BCUT2D eigenvalue weighted by atomic mass is 32.1. The van der Waals surface area contributed by atoms with E-state index in [4.69, 9.17) is 0 Å². The molecule has 1 nitrogen and oxygen atoms in total. The summed E-state index contributed by atoms with van der Waals surface area (Å²) < 4.78 is 0. The lowest BCUT2D eigenvalue weighted by Crippen LogP contribution is -2.35. The number of rotatable bonds is 4. The molecule has 0 aromatic rings. The highest BCUT2D eigenvalue weighted by Crippen LogP contribution is 2.34. The van der Waals surface area contributed by atoms with Crippen LogP contribution in [-0.4, -0.2) is 10.7 Å².